The van der Waals surface area contributed by atoms with E-state index >= 15 is 0 Å². The summed E-state index contributed by atoms with van der Waals surface area (Å²) >= 11 is 9.23. The van der Waals surface area contributed by atoms with Crippen molar-refractivity contribution in [1.29, 1.82) is 0 Å². The van der Waals surface area contributed by atoms with Crippen LogP contribution in [0.1, 0.15) is 5.56 Å². The van der Waals surface area contributed by atoms with E-state index in [1.807, 2.05) is 13.0 Å². The van der Waals surface area contributed by atoms with E-state index in [1.54, 1.807) is 13.2 Å². The highest BCUT2D eigenvalue weighted by Crippen LogP contribution is 2.30. The SMILES string of the molecule is COCOc1cc(Cl)c(Br)cc1C. The fourth-order valence-electron chi connectivity index (χ4n) is 0.906. The first-order chi connectivity index (χ1) is 6.15. The van der Waals surface area contributed by atoms with Crippen molar-refractivity contribution in [1.82, 2.24) is 0 Å². The lowest BCUT2D eigenvalue weighted by atomic mass is 10.2. The summed E-state index contributed by atoms with van der Waals surface area (Å²) in [6.45, 7) is 2.19. The molecule has 0 saturated heterocycles. The van der Waals surface area contributed by atoms with Crippen LogP contribution < -0.4 is 4.74 Å². The third-order valence-electron chi connectivity index (χ3n) is 1.55. The Balaban J connectivity index is 2.88. The van der Waals surface area contributed by atoms with Crippen LogP contribution in [0, 0.1) is 6.92 Å². The molecule has 0 aliphatic rings. The van der Waals surface area contributed by atoms with E-state index in [1.165, 1.54) is 0 Å². The van der Waals surface area contributed by atoms with Gasteiger partial charge in [0.05, 0.1) is 5.02 Å². The highest BCUT2D eigenvalue weighted by atomic mass is 79.9. The zero-order valence-corrected chi connectivity index (χ0v) is 9.78. The molecule has 72 valence electrons. The molecule has 1 rings (SSSR count). The van der Waals surface area contributed by atoms with E-state index in [4.69, 9.17) is 21.1 Å². The lowest BCUT2D eigenvalue weighted by Gasteiger charge is -2.08. The molecule has 2 nitrogen and oxygen atoms in total. The zero-order valence-electron chi connectivity index (χ0n) is 7.43. The summed E-state index contributed by atoms with van der Waals surface area (Å²) in [4.78, 5) is 0. The highest BCUT2D eigenvalue weighted by molar-refractivity contribution is 9.10. The lowest BCUT2D eigenvalue weighted by Crippen LogP contribution is -2.00. The molecule has 4 heteroatoms. The Hall–Kier alpha value is -0.250. The monoisotopic (exact) mass is 264 g/mol. The molecule has 0 fully saturated rings. The van der Waals surface area contributed by atoms with E-state index in [9.17, 15) is 0 Å². The maximum atomic E-state index is 5.90. The fraction of sp³-hybridized carbons (Fsp3) is 0.333. The van der Waals surface area contributed by atoms with Crippen molar-refractivity contribution < 1.29 is 9.47 Å². The summed E-state index contributed by atoms with van der Waals surface area (Å²) < 4.78 is 11.0. The van der Waals surface area contributed by atoms with Crippen LogP contribution in [0.15, 0.2) is 16.6 Å². The molecule has 0 aromatic heterocycles. The molecule has 0 radical (unpaired) electrons. The summed E-state index contributed by atoms with van der Waals surface area (Å²) in [5, 5.41) is 0.636. The number of hydrogen-bond acceptors (Lipinski definition) is 2. The van der Waals surface area contributed by atoms with Gasteiger partial charge in [-0.05, 0) is 34.5 Å². The van der Waals surface area contributed by atoms with Crippen LogP contribution in [0.5, 0.6) is 5.75 Å². The molecule has 1 aromatic carbocycles. The number of halogens is 2. The quantitative estimate of drug-likeness (QED) is 0.780. The average molecular weight is 266 g/mol. The van der Waals surface area contributed by atoms with Crippen molar-refractivity contribution in [3.05, 3.63) is 27.2 Å². The van der Waals surface area contributed by atoms with Gasteiger partial charge in [0.15, 0.2) is 6.79 Å². The number of aryl methyl sites for hydroxylation is 1. The Morgan fingerprint density at radius 1 is 1.46 bits per heavy atom. The van der Waals surface area contributed by atoms with Gasteiger partial charge in [0.1, 0.15) is 5.75 Å². The third kappa shape index (κ3) is 2.86. The number of methoxy groups -OCH3 is 1. The molecule has 0 saturated carbocycles. The zero-order chi connectivity index (χ0) is 9.84. The van der Waals surface area contributed by atoms with Crippen molar-refractivity contribution in [2.45, 2.75) is 6.92 Å². The van der Waals surface area contributed by atoms with Crippen LogP contribution in [0.4, 0.5) is 0 Å². The minimum absolute atomic E-state index is 0.235. The van der Waals surface area contributed by atoms with Gasteiger partial charge in [0.25, 0.3) is 0 Å². The van der Waals surface area contributed by atoms with Gasteiger partial charge in [0, 0.05) is 17.6 Å². The van der Waals surface area contributed by atoms with E-state index in [0.717, 1.165) is 15.8 Å². The molecule has 0 aliphatic carbocycles. The summed E-state index contributed by atoms with van der Waals surface area (Å²) in [6, 6.07) is 3.67. The molecule has 0 amide bonds. The smallest absolute Gasteiger partial charge is 0.188 e. The number of ether oxygens (including phenoxy) is 2. The van der Waals surface area contributed by atoms with Gasteiger partial charge >= 0.3 is 0 Å². The van der Waals surface area contributed by atoms with E-state index in [0.29, 0.717) is 5.02 Å². The molecule has 0 atom stereocenters. The molecule has 0 spiro atoms. The first-order valence-corrected chi connectivity index (χ1v) is 4.89. The Morgan fingerprint density at radius 2 is 2.15 bits per heavy atom. The molecule has 0 bridgehead atoms. The molecular weight excluding hydrogens is 255 g/mol. The third-order valence-corrected chi connectivity index (χ3v) is 2.75. The van der Waals surface area contributed by atoms with Crippen molar-refractivity contribution in [3.63, 3.8) is 0 Å². The first-order valence-electron chi connectivity index (χ1n) is 3.72. The standard InChI is InChI=1S/C9H10BrClO2/c1-6-3-7(10)8(11)4-9(6)13-5-12-2/h3-4H,5H2,1-2H3. The molecule has 0 N–H and O–H groups in total. The topological polar surface area (TPSA) is 18.5 Å². The Labute approximate surface area is 90.9 Å². The number of rotatable bonds is 3. The second-order valence-corrected chi connectivity index (χ2v) is 3.84. The van der Waals surface area contributed by atoms with Gasteiger partial charge in [-0.1, -0.05) is 11.6 Å². The van der Waals surface area contributed by atoms with Crippen molar-refractivity contribution >= 4 is 27.5 Å². The van der Waals surface area contributed by atoms with Gasteiger partial charge < -0.3 is 9.47 Å². The van der Waals surface area contributed by atoms with Gasteiger partial charge in [-0.2, -0.15) is 0 Å². The molecule has 0 aliphatic heterocycles. The highest BCUT2D eigenvalue weighted by Gasteiger charge is 2.04. The summed E-state index contributed by atoms with van der Waals surface area (Å²) in [7, 11) is 1.58. The van der Waals surface area contributed by atoms with Gasteiger partial charge in [-0.25, -0.2) is 0 Å². The maximum absolute atomic E-state index is 5.90. The van der Waals surface area contributed by atoms with Gasteiger partial charge in [0.2, 0.25) is 0 Å². The average Bonchev–Trinajstić information content (AvgIpc) is 2.09. The predicted molar refractivity (Wildman–Crippen MR) is 56.4 cm³/mol. The molecule has 13 heavy (non-hydrogen) atoms. The van der Waals surface area contributed by atoms with Crippen LogP contribution in [0.2, 0.25) is 5.02 Å². The van der Waals surface area contributed by atoms with E-state index in [2.05, 4.69) is 15.9 Å². The van der Waals surface area contributed by atoms with Crippen LogP contribution in [-0.4, -0.2) is 13.9 Å². The van der Waals surface area contributed by atoms with Crippen LogP contribution in [0.3, 0.4) is 0 Å². The second kappa shape index (κ2) is 4.84. The molecular formula is C9H10BrClO2. The summed E-state index contributed by atoms with van der Waals surface area (Å²) in [5.74, 6) is 0.745. The first kappa shape index (κ1) is 10.8. The summed E-state index contributed by atoms with van der Waals surface area (Å²) in [6.07, 6.45) is 0. The van der Waals surface area contributed by atoms with Crippen LogP contribution in [0.25, 0.3) is 0 Å². The van der Waals surface area contributed by atoms with Gasteiger partial charge in [-0.3, -0.25) is 0 Å². The van der Waals surface area contributed by atoms with Crippen molar-refractivity contribution in [2.75, 3.05) is 13.9 Å². The van der Waals surface area contributed by atoms with E-state index in [-0.39, 0.29) is 6.79 Å². The van der Waals surface area contributed by atoms with Crippen molar-refractivity contribution in [3.8, 4) is 5.75 Å². The number of hydrogen-bond donors (Lipinski definition) is 0. The Morgan fingerprint density at radius 3 is 2.77 bits per heavy atom. The molecule has 1 aromatic rings. The Kier molecular flexibility index (Phi) is 4.03. The Bertz CT molecular complexity index is 302. The predicted octanol–water partition coefficient (Wildman–Crippen LogP) is 3.39. The minimum atomic E-state index is 0.235. The van der Waals surface area contributed by atoms with Crippen LogP contribution in [-0.2, 0) is 4.74 Å². The molecule has 0 heterocycles. The van der Waals surface area contributed by atoms with E-state index < -0.39 is 0 Å². The number of benzene rings is 1. The van der Waals surface area contributed by atoms with Crippen molar-refractivity contribution in [2.24, 2.45) is 0 Å². The lowest BCUT2D eigenvalue weighted by molar-refractivity contribution is 0.0506. The van der Waals surface area contributed by atoms with Crippen LogP contribution >= 0.6 is 27.5 Å². The fourth-order valence-corrected chi connectivity index (χ4v) is 1.52. The second-order valence-electron chi connectivity index (χ2n) is 2.58. The minimum Gasteiger partial charge on any atom is -0.467 e. The summed E-state index contributed by atoms with van der Waals surface area (Å²) in [5.41, 5.74) is 1.02. The molecule has 0 unspecified atom stereocenters. The van der Waals surface area contributed by atoms with Gasteiger partial charge in [-0.15, -0.1) is 0 Å². The normalized spacial score (nSPS) is 10.2. The largest absolute Gasteiger partial charge is 0.467 e. The maximum Gasteiger partial charge on any atom is 0.188 e.